The first-order valence-corrected chi connectivity index (χ1v) is 5.76. The van der Waals surface area contributed by atoms with Crippen molar-refractivity contribution in [2.24, 2.45) is 0 Å². The van der Waals surface area contributed by atoms with Gasteiger partial charge in [0.25, 0.3) is 0 Å². The Morgan fingerprint density at radius 1 is 1.46 bits per heavy atom. The van der Waals surface area contributed by atoms with Gasteiger partial charge in [-0.3, -0.25) is 0 Å². The first-order chi connectivity index (χ1) is 6.19. The molecule has 0 fully saturated rings. The quantitative estimate of drug-likeness (QED) is 0.712. The fourth-order valence-electron chi connectivity index (χ4n) is 1.18. The molecule has 0 unspecified atom stereocenters. The van der Waals surface area contributed by atoms with Crippen LogP contribution in [-0.4, -0.2) is 12.9 Å². The zero-order chi connectivity index (χ0) is 9.84. The molecule has 1 aromatic carbocycles. The fraction of sp³-hybridized carbons (Fsp3) is 0.400. The minimum absolute atomic E-state index is 0.691. The van der Waals surface area contributed by atoms with Crippen LogP contribution in [0.1, 0.15) is 12.5 Å². The van der Waals surface area contributed by atoms with E-state index in [9.17, 15) is 0 Å². The van der Waals surface area contributed by atoms with Gasteiger partial charge in [0.05, 0.1) is 11.5 Å². The third-order valence-electron chi connectivity index (χ3n) is 1.71. The van der Waals surface area contributed by atoms with Gasteiger partial charge in [-0.05, 0) is 37.8 Å². The van der Waals surface area contributed by atoms with Crippen molar-refractivity contribution in [1.29, 1.82) is 0 Å². The molecule has 72 valence electrons. The molecule has 0 bridgehead atoms. The largest absolute Gasteiger partial charge is 0.492 e. The average molecular weight is 217 g/mol. The van der Waals surface area contributed by atoms with Gasteiger partial charge < -0.3 is 4.74 Å². The van der Waals surface area contributed by atoms with E-state index in [1.807, 2.05) is 32.2 Å². The van der Waals surface area contributed by atoms with Crippen LogP contribution in [-0.2, 0) is 0 Å². The van der Waals surface area contributed by atoms with Gasteiger partial charge in [-0.1, -0.05) is 11.6 Å². The molecule has 0 N–H and O–H groups in total. The maximum atomic E-state index is 5.93. The smallest absolute Gasteiger partial charge is 0.135 e. The zero-order valence-electron chi connectivity index (χ0n) is 8.06. The van der Waals surface area contributed by atoms with E-state index in [-0.39, 0.29) is 0 Å². The van der Waals surface area contributed by atoms with Crippen molar-refractivity contribution in [3.63, 3.8) is 0 Å². The highest BCUT2D eigenvalue weighted by Gasteiger charge is 2.07. The molecule has 3 heteroatoms. The Morgan fingerprint density at radius 3 is 2.69 bits per heavy atom. The number of thioether (sulfide) groups is 1. The molecule has 0 aliphatic rings. The average Bonchev–Trinajstić information content (AvgIpc) is 2.09. The van der Waals surface area contributed by atoms with Crippen molar-refractivity contribution in [1.82, 2.24) is 0 Å². The third-order valence-corrected chi connectivity index (χ3v) is 2.68. The van der Waals surface area contributed by atoms with Gasteiger partial charge in [-0.15, -0.1) is 11.8 Å². The zero-order valence-corrected chi connectivity index (χ0v) is 9.63. The van der Waals surface area contributed by atoms with E-state index in [1.165, 1.54) is 0 Å². The maximum Gasteiger partial charge on any atom is 0.135 e. The van der Waals surface area contributed by atoms with Crippen LogP contribution in [0.3, 0.4) is 0 Å². The molecule has 0 aliphatic carbocycles. The molecule has 0 radical (unpaired) electrons. The number of hydrogen-bond acceptors (Lipinski definition) is 2. The summed E-state index contributed by atoms with van der Waals surface area (Å²) in [7, 11) is 0. The highest BCUT2D eigenvalue weighted by atomic mass is 35.5. The van der Waals surface area contributed by atoms with Crippen molar-refractivity contribution >= 4 is 23.4 Å². The number of hydrogen-bond donors (Lipinski definition) is 0. The molecule has 1 rings (SSSR count). The van der Waals surface area contributed by atoms with Crippen LogP contribution in [0.25, 0.3) is 0 Å². The van der Waals surface area contributed by atoms with Gasteiger partial charge in [0, 0.05) is 5.02 Å². The highest BCUT2D eigenvalue weighted by molar-refractivity contribution is 7.98. The van der Waals surface area contributed by atoms with E-state index in [1.54, 1.807) is 11.8 Å². The Hall–Kier alpha value is -0.340. The van der Waals surface area contributed by atoms with Gasteiger partial charge in [0.15, 0.2) is 0 Å². The van der Waals surface area contributed by atoms with Crippen LogP contribution in [0.15, 0.2) is 17.0 Å². The summed E-state index contributed by atoms with van der Waals surface area (Å²) in [6.07, 6.45) is 2.02. The Morgan fingerprint density at radius 2 is 2.15 bits per heavy atom. The van der Waals surface area contributed by atoms with Gasteiger partial charge in [-0.2, -0.15) is 0 Å². The summed E-state index contributed by atoms with van der Waals surface area (Å²) in [5.41, 5.74) is 1.10. The van der Waals surface area contributed by atoms with Crippen LogP contribution in [0.4, 0.5) is 0 Å². The molecule has 0 amide bonds. The van der Waals surface area contributed by atoms with Gasteiger partial charge >= 0.3 is 0 Å². The highest BCUT2D eigenvalue weighted by Crippen LogP contribution is 2.33. The molecule has 0 spiro atoms. The number of rotatable bonds is 3. The Labute approximate surface area is 88.4 Å². The predicted octanol–water partition coefficient (Wildman–Crippen LogP) is 3.77. The minimum Gasteiger partial charge on any atom is -0.492 e. The number of halogens is 1. The summed E-state index contributed by atoms with van der Waals surface area (Å²) in [4.78, 5) is 1.10. The molecule has 0 atom stereocenters. The monoisotopic (exact) mass is 216 g/mol. The van der Waals surface area contributed by atoms with E-state index in [0.29, 0.717) is 6.61 Å². The fourth-order valence-corrected chi connectivity index (χ4v) is 2.17. The van der Waals surface area contributed by atoms with Crippen molar-refractivity contribution in [3.05, 3.63) is 22.7 Å². The maximum absolute atomic E-state index is 5.93. The Balaban J connectivity index is 3.13. The topological polar surface area (TPSA) is 9.23 Å². The van der Waals surface area contributed by atoms with Crippen molar-refractivity contribution in [2.75, 3.05) is 12.9 Å². The Bertz CT molecular complexity index is 299. The lowest BCUT2D eigenvalue weighted by molar-refractivity contribution is 0.330. The summed E-state index contributed by atoms with van der Waals surface area (Å²) in [6, 6.07) is 3.86. The van der Waals surface area contributed by atoms with Crippen LogP contribution in [0.2, 0.25) is 5.02 Å². The SMILES string of the molecule is CCOc1c(C)cc(Cl)cc1SC. The van der Waals surface area contributed by atoms with E-state index >= 15 is 0 Å². The molecule has 13 heavy (non-hydrogen) atoms. The molecule has 0 heterocycles. The molecule has 0 aliphatic heterocycles. The molecule has 1 aromatic rings. The molecule has 0 saturated carbocycles. The lowest BCUT2D eigenvalue weighted by Crippen LogP contribution is -1.95. The number of aryl methyl sites for hydroxylation is 1. The van der Waals surface area contributed by atoms with Crippen LogP contribution in [0, 0.1) is 6.92 Å². The normalized spacial score (nSPS) is 10.2. The second-order valence-electron chi connectivity index (χ2n) is 2.69. The lowest BCUT2D eigenvalue weighted by Gasteiger charge is -2.11. The predicted molar refractivity (Wildman–Crippen MR) is 59.1 cm³/mol. The molecule has 1 nitrogen and oxygen atoms in total. The first kappa shape index (κ1) is 10.7. The summed E-state index contributed by atoms with van der Waals surface area (Å²) >= 11 is 7.59. The standard InChI is InChI=1S/C10H13ClOS/c1-4-12-10-7(2)5-8(11)6-9(10)13-3/h5-6H,4H2,1-3H3. The molecular formula is C10H13ClOS. The van der Waals surface area contributed by atoms with Crippen LogP contribution in [0.5, 0.6) is 5.75 Å². The van der Waals surface area contributed by atoms with Crippen molar-refractivity contribution < 1.29 is 4.74 Å². The van der Waals surface area contributed by atoms with E-state index in [2.05, 4.69) is 0 Å². The Kier molecular flexibility index (Phi) is 3.94. The van der Waals surface area contributed by atoms with Crippen LogP contribution >= 0.6 is 23.4 Å². The summed E-state index contributed by atoms with van der Waals surface area (Å²) < 4.78 is 5.53. The summed E-state index contributed by atoms with van der Waals surface area (Å²) in [6.45, 7) is 4.69. The van der Waals surface area contributed by atoms with Gasteiger partial charge in [0.1, 0.15) is 5.75 Å². The molecular weight excluding hydrogens is 204 g/mol. The van der Waals surface area contributed by atoms with Gasteiger partial charge in [0.2, 0.25) is 0 Å². The first-order valence-electron chi connectivity index (χ1n) is 4.16. The molecule has 0 saturated heterocycles. The minimum atomic E-state index is 0.691. The van der Waals surface area contributed by atoms with Gasteiger partial charge in [-0.25, -0.2) is 0 Å². The number of benzene rings is 1. The molecule has 0 aromatic heterocycles. The van der Waals surface area contributed by atoms with Crippen molar-refractivity contribution in [2.45, 2.75) is 18.7 Å². The second kappa shape index (κ2) is 4.77. The van der Waals surface area contributed by atoms with E-state index < -0.39 is 0 Å². The summed E-state index contributed by atoms with van der Waals surface area (Å²) in [5, 5.41) is 0.769. The third kappa shape index (κ3) is 2.55. The second-order valence-corrected chi connectivity index (χ2v) is 3.97. The van der Waals surface area contributed by atoms with E-state index in [4.69, 9.17) is 16.3 Å². The number of ether oxygens (including phenoxy) is 1. The lowest BCUT2D eigenvalue weighted by atomic mass is 10.2. The van der Waals surface area contributed by atoms with Crippen molar-refractivity contribution in [3.8, 4) is 5.75 Å². The summed E-state index contributed by atoms with van der Waals surface area (Å²) in [5.74, 6) is 0.958. The van der Waals surface area contributed by atoms with E-state index in [0.717, 1.165) is 21.2 Å². The van der Waals surface area contributed by atoms with Crippen LogP contribution < -0.4 is 4.74 Å².